The van der Waals surface area contributed by atoms with Gasteiger partial charge in [-0.2, -0.15) is 10.5 Å². The van der Waals surface area contributed by atoms with Crippen LogP contribution in [0.2, 0.25) is 0 Å². The predicted molar refractivity (Wildman–Crippen MR) is 56.1 cm³/mol. The number of carbonyl (C=O) groups excluding carboxylic acids is 1. The van der Waals surface area contributed by atoms with E-state index in [-0.39, 0.29) is 11.7 Å². The fourth-order valence-electron chi connectivity index (χ4n) is 1.61. The standard InChI is InChI=1S/C11H13N3O2/c1-2-16-11(15)14-5-3-9(4-6-14)10(7-12)8-13/h2-6H2,1H3. The number of likely N-dealkylation sites (tertiary alicyclic amines) is 1. The molecule has 0 N–H and O–H groups in total. The summed E-state index contributed by atoms with van der Waals surface area (Å²) < 4.78 is 4.87. The van der Waals surface area contributed by atoms with Gasteiger partial charge in [0.1, 0.15) is 17.7 Å². The number of amides is 1. The van der Waals surface area contributed by atoms with E-state index in [4.69, 9.17) is 15.3 Å². The Balaban J connectivity index is 2.59. The normalized spacial score (nSPS) is 14.9. The summed E-state index contributed by atoms with van der Waals surface area (Å²) in [5, 5.41) is 17.4. The third-order valence-electron chi connectivity index (χ3n) is 2.47. The van der Waals surface area contributed by atoms with Crippen molar-refractivity contribution >= 4 is 6.09 Å². The lowest BCUT2D eigenvalue weighted by atomic mass is 9.99. The van der Waals surface area contributed by atoms with Crippen LogP contribution >= 0.6 is 0 Å². The Kier molecular flexibility index (Phi) is 4.35. The molecular weight excluding hydrogens is 206 g/mol. The van der Waals surface area contributed by atoms with E-state index in [0.717, 1.165) is 5.57 Å². The summed E-state index contributed by atoms with van der Waals surface area (Å²) >= 11 is 0. The van der Waals surface area contributed by atoms with Crippen molar-refractivity contribution in [1.29, 1.82) is 10.5 Å². The number of hydrogen-bond donors (Lipinski definition) is 0. The number of nitrogens with zero attached hydrogens (tertiary/aromatic N) is 3. The lowest BCUT2D eigenvalue weighted by molar-refractivity contribution is 0.104. The lowest BCUT2D eigenvalue weighted by Crippen LogP contribution is -2.37. The Morgan fingerprint density at radius 2 is 1.94 bits per heavy atom. The zero-order valence-electron chi connectivity index (χ0n) is 9.19. The first-order valence-electron chi connectivity index (χ1n) is 5.16. The number of rotatable bonds is 1. The van der Waals surface area contributed by atoms with E-state index in [0.29, 0.717) is 32.5 Å². The summed E-state index contributed by atoms with van der Waals surface area (Å²) in [5.41, 5.74) is 1.02. The van der Waals surface area contributed by atoms with Crippen LogP contribution in [0, 0.1) is 22.7 Å². The van der Waals surface area contributed by atoms with Gasteiger partial charge in [0, 0.05) is 13.1 Å². The minimum Gasteiger partial charge on any atom is -0.450 e. The van der Waals surface area contributed by atoms with Crippen molar-refractivity contribution in [2.24, 2.45) is 0 Å². The number of carbonyl (C=O) groups is 1. The molecule has 1 amide bonds. The monoisotopic (exact) mass is 219 g/mol. The fourth-order valence-corrected chi connectivity index (χ4v) is 1.61. The van der Waals surface area contributed by atoms with Gasteiger partial charge in [-0.25, -0.2) is 4.79 Å². The molecule has 0 spiro atoms. The molecule has 0 aromatic heterocycles. The summed E-state index contributed by atoms with van der Waals surface area (Å²) in [5.74, 6) is 0. The van der Waals surface area contributed by atoms with E-state index in [1.54, 1.807) is 11.8 Å². The van der Waals surface area contributed by atoms with E-state index in [1.165, 1.54) is 0 Å². The topological polar surface area (TPSA) is 77.1 Å². The van der Waals surface area contributed by atoms with Crippen molar-refractivity contribution < 1.29 is 9.53 Å². The third-order valence-corrected chi connectivity index (χ3v) is 2.47. The van der Waals surface area contributed by atoms with Crippen LogP contribution < -0.4 is 0 Å². The molecule has 0 atom stereocenters. The highest BCUT2D eigenvalue weighted by Gasteiger charge is 2.21. The van der Waals surface area contributed by atoms with Crippen LogP contribution in [0.3, 0.4) is 0 Å². The molecule has 0 aromatic carbocycles. The highest BCUT2D eigenvalue weighted by atomic mass is 16.6. The van der Waals surface area contributed by atoms with Gasteiger partial charge in [0.25, 0.3) is 0 Å². The Morgan fingerprint density at radius 1 is 1.38 bits per heavy atom. The average molecular weight is 219 g/mol. The third kappa shape index (κ3) is 2.74. The summed E-state index contributed by atoms with van der Waals surface area (Å²) in [6, 6.07) is 3.75. The molecule has 16 heavy (non-hydrogen) atoms. The maximum absolute atomic E-state index is 11.4. The summed E-state index contributed by atoms with van der Waals surface area (Å²) in [6.07, 6.45) is 0.835. The number of hydrogen-bond acceptors (Lipinski definition) is 4. The number of nitriles is 2. The molecule has 5 heteroatoms. The SMILES string of the molecule is CCOC(=O)N1CCC(=C(C#N)C#N)CC1. The van der Waals surface area contributed by atoms with Crippen LogP contribution in [0.25, 0.3) is 0 Å². The average Bonchev–Trinajstić information content (AvgIpc) is 2.32. The molecule has 84 valence electrons. The van der Waals surface area contributed by atoms with Crippen molar-refractivity contribution in [3.63, 3.8) is 0 Å². The van der Waals surface area contributed by atoms with Gasteiger partial charge in [-0.1, -0.05) is 0 Å². The van der Waals surface area contributed by atoms with Crippen molar-refractivity contribution in [3.8, 4) is 12.1 Å². The lowest BCUT2D eigenvalue weighted by Gasteiger charge is -2.27. The minimum atomic E-state index is -0.322. The molecule has 1 rings (SSSR count). The van der Waals surface area contributed by atoms with Gasteiger partial charge in [0.05, 0.1) is 6.61 Å². The first-order valence-corrected chi connectivity index (χ1v) is 5.16. The quantitative estimate of drug-likeness (QED) is 0.627. The first kappa shape index (κ1) is 12.1. The molecule has 0 aliphatic carbocycles. The second-order valence-corrected chi connectivity index (χ2v) is 3.39. The van der Waals surface area contributed by atoms with Crippen molar-refractivity contribution in [3.05, 3.63) is 11.1 Å². The second kappa shape index (κ2) is 5.77. The van der Waals surface area contributed by atoms with Gasteiger partial charge in [-0.05, 0) is 25.3 Å². The van der Waals surface area contributed by atoms with Gasteiger partial charge in [0.15, 0.2) is 0 Å². The maximum atomic E-state index is 11.4. The van der Waals surface area contributed by atoms with E-state index in [1.807, 2.05) is 12.1 Å². The first-order chi connectivity index (χ1) is 7.72. The molecule has 0 bridgehead atoms. The molecule has 1 saturated heterocycles. The van der Waals surface area contributed by atoms with Crippen LogP contribution in [0.4, 0.5) is 4.79 Å². The zero-order valence-corrected chi connectivity index (χ0v) is 9.19. The second-order valence-electron chi connectivity index (χ2n) is 3.39. The van der Waals surface area contributed by atoms with Crippen molar-refractivity contribution in [1.82, 2.24) is 4.90 Å². The van der Waals surface area contributed by atoms with Crippen LogP contribution in [-0.4, -0.2) is 30.7 Å². The highest BCUT2D eigenvalue weighted by molar-refractivity contribution is 5.68. The van der Waals surface area contributed by atoms with Crippen molar-refractivity contribution in [2.45, 2.75) is 19.8 Å². The molecular formula is C11H13N3O2. The van der Waals surface area contributed by atoms with Gasteiger partial charge in [-0.3, -0.25) is 0 Å². The highest BCUT2D eigenvalue weighted by Crippen LogP contribution is 2.19. The smallest absolute Gasteiger partial charge is 0.409 e. The van der Waals surface area contributed by atoms with Crippen LogP contribution in [0.5, 0.6) is 0 Å². The van der Waals surface area contributed by atoms with E-state index in [9.17, 15) is 4.79 Å². The van der Waals surface area contributed by atoms with E-state index >= 15 is 0 Å². The number of ether oxygens (including phenoxy) is 1. The molecule has 0 radical (unpaired) electrons. The van der Waals surface area contributed by atoms with Crippen LogP contribution in [0.1, 0.15) is 19.8 Å². The number of allylic oxidation sites excluding steroid dienone is 1. The molecule has 5 nitrogen and oxygen atoms in total. The zero-order chi connectivity index (χ0) is 12.0. The Hall–Kier alpha value is -2.01. The Labute approximate surface area is 94.5 Å². The summed E-state index contributed by atoms with van der Waals surface area (Å²) in [6.45, 7) is 3.15. The molecule has 1 aliphatic rings. The van der Waals surface area contributed by atoms with E-state index < -0.39 is 0 Å². The van der Waals surface area contributed by atoms with Crippen LogP contribution in [-0.2, 0) is 4.74 Å². The van der Waals surface area contributed by atoms with Crippen LogP contribution in [0.15, 0.2) is 11.1 Å². The summed E-state index contributed by atoms with van der Waals surface area (Å²) in [7, 11) is 0. The predicted octanol–water partition coefficient (Wildman–Crippen LogP) is 1.58. The summed E-state index contributed by atoms with van der Waals surface area (Å²) in [4.78, 5) is 13.0. The Bertz CT molecular complexity index is 361. The van der Waals surface area contributed by atoms with Crippen molar-refractivity contribution in [2.75, 3.05) is 19.7 Å². The molecule has 0 aromatic rings. The van der Waals surface area contributed by atoms with Gasteiger partial charge in [0.2, 0.25) is 0 Å². The van der Waals surface area contributed by atoms with Gasteiger partial charge < -0.3 is 9.64 Å². The molecule has 1 fully saturated rings. The van der Waals surface area contributed by atoms with Gasteiger partial charge >= 0.3 is 6.09 Å². The molecule has 0 saturated carbocycles. The maximum Gasteiger partial charge on any atom is 0.409 e. The number of piperidine rings is 1. The Morgan fingerprint density at radius 3 is 2.38 bits per heavy atom. The van der Waals surface area contributed by atoms with Gasteiger partial charge in [-0.15, -0.1) is 0 Å². The van der Waals surface area contributed by atoms with E-state index in [2.05, 4.69) is 0 Å². The largest absolute Gasteiger partial charge is 0.450 e. The fraction of sp³-hybridized carbons (Fsp3) is 0.545. The molecule has 0 unspecified atom stereocenters. The molecule has 1 aliphatic heterocycles. The molecule has 1 heterocycles. The minimum absolute atomic E-state index is 0.184.